The van der Waals surface area contributed by atoms with Crippen LogP contribution < -0.4 is 5.32 Å². The molecule has 0 atom stereocenters. The molecule has 1 N–H and O–H groups in total. The molecule has 0 spiro atoms. The Bertz CT molecular complexity index is 726. The van der Waals surface area contributed by atoms with Gasteiger partial charge in [0.1, 0.15) is 0 Å². The first kappa shape index (κ1) is 22.0. The maximum atomic E-state index is 4.81. The predicted molar refractivity (Wildman–Crippen MR) is 119 cm³/mol. The number of aliphatic imine (C=N–C) groups is 1. The van der Waals surface area contributed by atoms with Crippen molar-refractivity contribution >= 4 is 45.9 Å². The third-order valence-corrected chi connectivity index (χ3v) is 4.88. The lowest BCUT2D eigenvalue weighted by Crippen LogP contribution is -2.38. The van der Waals surface area contributed by atoms with Gasteiger partial charge in [-0.3, -0.25) is 4.68 Å². The number of aryl methyl sites for hydroxylation is 2. The van der Waals surface area contributed by atoms with E-state index in [1.54, 1.807) is 0 Å². The molecule has 25 heavy (non-hydrogen) atoms. The molecule has 0 saturated heterocycles. The smallest absolute Gasteiger partial charge is 0.194 e. The van der Waals surface area contributed by atoms with Crippen LogP contribution in [0.4, 0.5) is 0 Å². The van der Waals surface area contributed by atoms with Crippen LogP contribution in [-0.4, -0.2) is 34.2 Å². The van der Waals surface area contributed by atoms with E-state index in [1.165, 1.54) is 16.8 Å². The zero-order valence-electron chi connectivity index (χ0n) is 15.5. The highest BCUT2D eigenvalue weighted by Crippen LogP contribution is 2.18. The first-order valence-electron chi connectivity index (χ1n) is 8.16. The van der Waals surface area contributed by atoms with Crippen molar-refractivity contribution in [3.8, 4) is 0 Å². The van der Waals surface area contributed by atoms with Crippen LogP contribution in [0.3, 0.4) is 0 Å². The van der Waals surface area contributed by atoms with E-state index in [9.17, 15) is 0 Å². The molecule has 2 rings (SSSR count). The SMILES string of the molecule is CCNC(=NCc1c(C)nn(C)c1C)N(C)Cc1ccccc1Br.I. The molecule has 5 nitrogen and oxygen atoms in total. The first-order valence-corrected chi connectivity index (χ1v) is 8.95. The molecule has 0 amide bonds. The Morgan fingerprint density at radius 1 is 1.32 bits per heavy atom. The van der Waals surface area contributed by atoms with Crippen LogP contribution in [0.15, 0.2) is 33.7 Å². The number of nitrogens with zero attached hydrogens (tertiary/aromatic N) is 4. The van der Waals surface area contributed by atoms with Crippen molar-refractivity contribution < 1.29 is 0 Å². The van der Waals surface area contributed by atoms with Gasteiger partial charge in [-0.05, 0) is 32.4 Å². The van der Waals surface area contributed by atoms with E-state index in [0.29, 0.717) is 6.54 Å². The summed E-state index contributed by atoms with van der Waals surface area (Å²) in [7, 11) is 4.03. The molecule has 7 heteroatoms. The van der Waals surface area contributed by atoms with E-state index < -0.39 is 0 Å². The third kappa shape index (κ3) is 5.70. The summed E-state index contributed by atoms with van der Waals surface area (Å²) in [5.41, 5.74) is 4.64. The standard InChI is InChI=1S/C18H26BrN5.HI/c1-6-20-18(21-11-16-13(2)22-24(5)14(16)3)23(4)12-15-9-7-8-10-17(15)19;/h7-10H,6,11-12H2,1-5H3,(H,20,21);1H. The minimum absolute atomic E-state index is 0. The van der Waals surface area contributed by atoms with E-state index >= 15 is 0 Å². The Morgan fingerprint density at radius 2 is 2.00 bits per heavy atom. The Kier molecular flexibility index (Phi) is 8.92. The van der Waals surface area contributed by atoms with Crippen LogP contribution in [0.25, 0.3) is 0 Å². The monoisotopic (exact) mass is 519 g/mol. The highest BCUT2D eigenvalue weighted by molar-refractivity contribution is 14.0. The minimum Gasteiger partial charge on any atom is -0.357 e. The van der Waals surface area contributed by atoms with Crippen LogP contribution in [-0.2, 0) is 20.1 Å². The Labute approximate surface area is 176 Å². The fourth-order valence-electron chi connectivity index (χ4n) is 2.63. The number of hydrogen-bond donors (Lipinski definition) is 1. The quantitative estimate of drug-likeness (QED) is 0.369. The van der Waals surface area contributed by atoms with Gasteiger partial charge in [0, 0.05) is 42.9 Å². The first-order chi connectivity index (χ1) is 11.4. The van der Waals surface area contributed by atoms with E-state index in [2.05, 4.69) is 70.3 Å². The topological polar surface area (TPSA) is 45.5 Å². The van der Waals surface area contributed by atoms with E-state index in [1.807, 2.05) is 24.7 Å². The van der Waals surface area contributed by atoms with Gasteiger partial charge in [-0.25, -0.2) is 4.99 Å². The van der Waals surface area contributed by atoms with Crippen molar-refractivity contribution in [2.24, 2.45) is 12.0 Å². The van der Waals surface area contributed by atoms with Crippen molar-refractivity contribution in [1.82, 2.24) is 20.0 Å². The Hall–Kier alpha value is -1.09. The summed E-state index contributed by atoms with van der Waals surface area (Å²) in [6.45, 7) is 8.47. The summed E-state index contributed by atoms with van der Waals surface area (Å²) in [5, 5.41) is 7.84. The molecular formula is C18H27BrIN5. The zero-order valence-corrected chi connectivity index (χ0v) is 19.4. The van der Waals surface area contributed by atoms with Gasteiger partial charge in [-0.15, -0.1) is 24.0 Å². The average Bonchev–Trinajstić information content (AvgIpc) is 2.79. The van der Waals surface area contributed by atoms with Gasteiger partial charge in [0.2, 0.25) is 0 Å². The summed E-state index contributed by atoms with van der Waals surface area (Å²) < 4.78 is 3.03. The molecule has 0 radical (unpaired) electrons. The fourth-order valence-corrected chi connectivity index (χ4v) is 3.04. The number of rotatable bonds is 5. The lowest BCUT2D eigenvalue weighted by Gasteiger charge is -2.22. The van der Waals surface area contributed by atoms with Crippen LogP contribution in [0.1, 0.15) is 29.4 Å². The normalized spacial score (nSPS) is 11.2. The molecule has 0 saturated carbocycles. The van der Waals surface area contributed by atoms with Gasteiger partial charge in [0.15, 0.2) is 5.96 Å². The number of aromatic nitrogens is 2. The van der Waals surface area contributed by atoms with Gasteiger partial charge in [0.25, 0.3) is 0 Å². The van der Waals surface area contributed by atoms with Crippen molar-refractivity contribution in [2.75, 3.05) is 13.6 Å². The fraction of sp³-hybridized carbons (Fsp3) is 0.444. The lowest BCUT2D eigenvalue weighted by molar-refractivity contribution is 0.475. The zero-order chi connectivity index (χ0) is 17.7. The molecule has 0 unspecified atom stereocenters. The number of hydrogen-bond acceptors (Lipinski definition) is 2. The molecule has 0 fully saturated rings. The second-order valence-electron chi connectivity index (χ2n) is 5.89. The Balaban J connectivity index is 0.00000312. The second-order valence-corrected chi connectivity index (χ2v) is 6.74. The summed E-state index contributed by atoms with van der Waals surface area (Å²) in [6, 6.07) is 8.27. The molecule has 138 valence electrons. The maximum Gasteiger partial charge on any atom is 0.194 e. The van der Waals surface area contributed by atoms with Gasteiger partial charge in [0.05, 0.1) is 12.2 Å². The average molecular weight is 520 g/mol. The summed E-state index contributed by atoms with van der Waals surface area (Å²) in [4.78, 5) is 6.95. The van der Waals surface area contributed by atoms with E-state index in [4.69, 9.17) is 4.99 Å². The largest absolute Gasteiger partial charge is 0.357 e. The molecule has 1 aromatic carbocycles. The molecule has 1 heterocycles. The number of guanidine groups is 1. The maximum absolute atomic E-state index is 4.81. The predicted octanol–water partition coefficient (Wildman–Crippen LogP) is 4.01. The van der Waals surface area contributed by atoms with Gasteiger partial charge >= 0.3 is 0 Å². The molecule has 1 aromatic heterocycles. The van der Waals surface area contributed by atoms with Crippen molar-refractivity contribution in [3.63, 3.8) is 0 Å². The second kappa shape index (κ2) is 10.2. The molecule has 0 aliphatic rings. The summed E-state index contributed by atoms with van der Waals surface area (Å²) in [5.74, 6) is 0.899. The summed E-state index contributed by atoms with van der Waals surface area (Å²) >= 11 is 3.61. The molecule has 0 aliphatic carbocycles. The van der Waals surface area contributed by atoms with Crippen molar-refractivity contribution in [3.05, 3.63) is 51.3 Å². The lowest BCUT2D eigenvalue weighted by atomic mass is 10.2. The summed E-state index contributed by atoms with van der Waals surface area (Å²) in [6.07, 6.45) is 0. The highest BCUT2D eigenvalue weighted by Gasteiger charge is 2.11. The Morgan fingerprint density at radius 3 is 2.56 bits per heavy atom. The third-order valence-electron chi connectivity index (χ3n) is 4.11. The van der Waals surface area contributed by atoms with Gasteiger partial charge in [-0.2, -0.15) is 5.10 Å². The molecule has 2 aromatic rings. The van der Waals surface area contributed by atoms with Crippen LogP contribution in [0.5, 0.6) is 0 Å². The molecular weight excluding hydrogens is 493 g/mol. The van der Waals surface area contributed by atoms with Crippen LogP contribution in [0, 0.1) is 13.8 Å². The number of nitrogens with one attached hydrogen (secondary N) is 1. The molecule has 0 aliphatic heterocycles. The van der Waals surface area contributed by atoms with Crippen molar-refractivity contribution in [2.45, 2.75) is 33.9 Å². The van der Waals surface area contributed by atoms with Crippen LogP contribution >= 0.6 is 39.9 Å². The van der Waals surface area contributed by atoms with Gasteiger partial charge < -0.3 is 10.2 Å². The molecule has 0 bridgehead atoms. The number of benzene rings is 1. The van der Waals surface area contributed by atoms with Crippen molar-refractivity contribution in [1.29, 1.82) is 0 Å². The van der Waals surface area contributed by atoms with E-state index in [-0.39, 0.29) is 24.0 Å². The minimum atomic E-state index is 0. The van der Waals surface area contributed by atoms with Gasteiger partial charge in [-0.1, -0.05) is 34.1 Å². The van der Waals surface area contributed by atoms with E-state index in [0.717, 1.165) is 29.2 Å². The number of halogens is 2. The van der Waals surface area contributed by atoms with Crippen LogP contribution in [0.2, 0.25) is 0 Å². The highest BCUT2D eigenvalue weighted by atomic mass is 127.